The first-order valence-electron chi connectivity index (χ1n) is 4.63. The van der Waals surface area contributed by atoms with Gasteiger partial charge in [0.2, 0.25) is 0 Å². The van der Waals surface area contributed by atoms with E-state index < -0.39 is 0 Å². The Labute approximate surface area is 102 Å². The molecule has 80 valence electrons. The van der Waals surface area contributed by atoms with Crippen LogP contribution >= 0.6 is 31.9 Å². The van der Waals surface area contributed by atoms with Crippen molar-refractivity contribution in [3.8, 4) is 0 Å². The number of aromatic nitrogens is 2. The maximum absolute atomic E-state index is 4.49. The highest BCUT2D eigenvalue weighted by Crippen LogP contribution is 2.25. The van der Waals surface area contributed by atoms with Crippen molar-refractivity contribution in [1.82, 2.24) is 9.78 Å². The fourth-order valence-electron chi connectivity index (χ4n) is 1.28. The lowest BCUT2D eigenvalue weighted by Crippen LogP contribution is -2.22. The average molecular weight is 324 g/mol. The normalized spacial score (nSPS) is 12.1. The molecule has 1 aromatic heterocycles. The van der Waals surface area contributed by atoms with Gasteiger partial charge in [0.1, 0.15) is 0 Å². The molecule has 14 heavy (non-hydrogen) atoms. The van der Waals surface area contributed by atoms with E-state index in [0.717, 1.165) is 22.0 Å². The van der Waals surface area contributed by atoms with Crippen molar-refractivity contribution < 1.29 is 0 Å². The number of nitrogens with zero attached hydrogens (tertiary/aromatic N) is 2. The SMILES string of the molecule is Cc1nn(CC(C)(C)CBr)c(C)c1Br. The quantitative estimate of drug-likeness (QED) is 0.776. The summed E-state index contributed by atoms with van der Waals surface area (Å²) in [6.07, 6.45) is 0. The highest BCUT2D eigenvalue weighted by atomic mass is 79.9. The zero-order chi connectivity index (χ0) is 10.9. The molecule has 0 aliphatic carbocycles. The second-order valence-electron chi connectivity index (χ2n) is 4.44. The summed E-state index contributed by atoms with van der Waals surface area (Å²) in [5.41, 5.74) is 2.51. The Balaban J connectivity index is 2.93. The van der Waals surface area contributed by atoms with Gasteiger partial charge in [-0.2, -0.15) is 5.10 Å². The van der Waals surface area contributed by atoms with Gasteiger partial charge in [-0.15, -0.1) is 0 Å². The van der Waals surface area contributed by atoms with Gasteiger partial charge in [0.25, 0.3) is 0 Å². The van der Waals surface area contributed by atoms with Crippen LogP contribution in [-0.2, 0) is 6.54 Å². The van der Waals surface area contributed by atoms with E-state index in [9.17, 15) is 0 Å². The van der Waals surface area contributed by atoms with Crippen molar-refractivity contribution >= 4 is 31.9 Å². The fraction of sp³-hybridized carbons (Fsp3) is 0.700. The first-order chi connectivity index (χ1) is 6.37. The van der Waals surface area contributed by atoms with Crippen LogP contribution in [0.3, 0.4) is 0 Å². The topological polar surface area (TPSA) is 17.8 Å². The molecule has 0 unspecified atom stereocenters. The van der Waals surface area contributed by atoms with Crippen LogP contribution in [0.15, 0.2) is 4.47 Å². The Morgan fingerprint density at radius 3 is 2.29 bits per heavy atom. The Hall–Kier alpha value is 0.170. The molecule has 1 heterocycles. The van der Waals surface area contributed by atoms with Gasteiger partial charge < -0.3 is 0 Å². The molecule has 0 fully saturated rings. The van der Waals surface area contributed by atoms with Crippen molar-refractivity contribution in [3.05, 3.63) is 15.9 Å². The highest BCUT2D eigenvalue weighted by Gasteiger charge is 2.19. The zero-order valence-corrected chi connectivity index (χ0v) is 12.2. The van der Waals surface area contributed by atoms with Gasteiger partial charge in [0.05, 0.1) is 10.2 Å². The van der Waals surface area contributed by atoms with E-state index in [1.807, 2.05) is 6.92 Å². The van der Waals surface area contributed by atoms with Gasteiger partial charge in [-0.3, -0.25) is 4.68 Å². The molecule has 0 bridgehead atoms. The maximum atomic E-state index is 4.49. The smallest absolute Gasteiger partial charge is 0.0738 e. The molecule has 0 spiro atoms. The minimum atomic E-state index is 0.239. The second-order valence-corrected chi connectivity index (χ2v) is 5.79. The zero-order valence-electron chi connectivity index (χ0n) is 9.06. The molecule has 0 radical (unpaired) electrons. The van der Waals surface area contributed by atoms with E-state index >= 15 is 0 Å². The lowest BCUT2D eigenvalue weighted by molar-refractivity contribution is 0.331. The lowest BCUT2D eigenvalue weighted by atomic mass is 9.97. The summed E-state index contributed by atoms with van der Waals surface area (Å²) < 4.78 is 3.20. The van der Waals surface area contributed by atoms with Crippen LogP contribution in [0, 0.1) is 19.3 Å². The minimum Gasteiger partial charge on any atom is -0.268 e. The van der Waals surface area contributed by atoms with Gasteiger partial charge >= 0.3 is 0 Å². The molecule has 2 nitrogen and oxygen atoms in total. The van der Waals surface area contributed by atoms with Crippen LogP contribution in [0.4, 0.5) is 0 Å². The fourth-order valence-corrected chi connectivity index (χ4v) is 1.74. The van der Waals surface area contributed by atoms with E-state index in [1.54, 1.807) is 0 Å². The number of alkyl halides is 1. The predicted octanol–water partition coefficient (Wildman–Crippen LogP) is 3.68. The molecule has 0 aliphatic rings. The Morgan fingerprint density at radius 1 is 1.36 bits per heavy atom. The Kier molecular flexibility index (Phi) is 3.81. The van der Waals surface area contributed by atoms with Crippen LogP contribution < -0.4 is 0 Å². The van der Waals surface area contributed by atoms with Crippen LogP contribution in [-0.4, -0.2) is 15.1 Å². The highest BCUT2D eigenvalue weighted by molar-refractivity contribution is 9.10. The minimum absolute atomic E-state index is 0.239. The molecule has 0 aliphatic heterocycles. The number of hydrogen-bond acceptors (Lipinski definition) is 1. The van der Waals surface area contributed by atoms with E-state index in [-0.39, 0.29) is 5.41 Å². The first-order valence-corrected chi connectivity index (χ1v) is 6.54. The van der Waals surface area contributed by atoms with Crippen molar-refractivity contribution in [2.75, 3.05) is 5.33 Å². The number of hydrogen-bond donors (Lipinski definition) is 0. The van der Waals surface area contributed by atoms with Crippen LogP contribution in [0.25, 0.3) is 0 Å². The third-order valence-electron chi connectivity index (χ3n) is 2.23. The van der Waals surface area contributed by atoms with E-state index in [4.69, 9.17) is 0 Å². The average Bonchev–Trinajstić information content (AvgIpc) is 2.33. The summed E-state index contributed by atoms with van der Waals surface area (Å²) in [5, 5.41) is 5.47. The third kappa shape index (κ3) is 2.60. The summed E-state index contributed by atoms with van der Waals surface area (Å²) in [6.45, 7) is 9.51. The van der Waals surface area contributed by atoms with Crippen LogP contribution in [0.1, 0.15) is 25.2 Å². The number of rotatable bonds is 3. The summed E-state index contributed by atoms with van der Waals surface area (Å²) in [4.78, 5) is 0. The molecular formula is C10H16Br2N2. The number of aryl methyl sites for hydroxylation is 1. The van der Waals surface area contributed by atoms with E-state index in [1.165, 1.54) is 5.69 Å². The molecule has 0 atom stereocenters. The molecule has 1 rings (SSSR count). The van der Waals surface area contributed by atoms with E-state index in [2.05, 4.69) is 62.4 Å². The maximum Gasteiger partial charge on any atom is 0.0738 e. The molecule has 4 heteroatoms. The summed E-state index contributed by atoms with van der Waals surface area (Å²) in [5.74, 6) is 0. The molecule has 1 aromatic rings. The summed E-state index contributed by atoms with van der Waals surface area (Å²) >= 11 is 7.06. The predicted molar refractivity (Wildman–Crippen MR) is 67.0 cm³/mol. The molecule has 0 amide bonds. The monoisotopic (exact) mass is 322 g/mol. The molecule has 0 N–H and O–H groups in total. The van der Waals surface area contributed by atoms with Gasteiger partial charge in [0, 0.05) is 17.6 Å². The summed E-state index contributed by atoms with van der Waals surface area (Å²) in [7, 11) is 0. The Bertz CT molecular complexity index is 329. The van der Waals surface area contributed by atoms with Crippen molar-refractivity contribution in [3.63, 3.8) is 0 Å². The first kappa shape index (κ1) is 12.2. The second kappa shape index (κ2) is 4.35. The lowest BCUT2D eigenvalue weighted by Gasteiger charge is -2.22. The third-order valence-corrected chi connectivity index (χ3v) is 4.90. The van der Waals surface area contributed by atoms with Gasteiger partial charge in [-0.25, -0.2) is 0 Å². The molecule has 0 saturated heterocycles. The number of halogens is 2. The van der Waals surface area contributed by atoms with E-state index in [0.29, 0.717) is 0 Å². The van der Waals surface area contributed by atoms with Gasteiger partial charge in [-0.1, -0.05) is 29.8 Å². The Morgan fingerprint density at radius 2 is 1.93 bits per heavy atom. The molecular weight excluding hydrogens is 308 g/mol. The largest absolute Gasteiger partial charge is 0.268 e. The molecule has 0 aromatic carbocycles. The van der Waals surface area contributed by atoms with Gasteiger partial charge in [-0.05, 0) is 35.2 Å². The van der Waals surface area contributed by atoms with Crippen LogP contribution in [0.2, 0.25) is 0 Å². The van der Waals surface area contributed by atoms with Crippen LogP contribution in [0.5, 0.6) is 0 Å². The van der Waals surface area contributed by atoms with Crippen molar-refractivity contribution in [2.45, 2.75) is 34.2 Å². The van der Waals surface area contributed by atoms with Crippen molar-refractivity contribution in [1.29, 1.82) is 0 Å². The standard InChI is InChI=1S/C10H16Br2N2/c1-7-9(12)8(2)14(13-7)6-10(3,4)5-11/h5-6H2,1-4H3. The van der Waals surface area contributed by atoms with Crippen molar-refractivity contribution in [2.24, 2.45) is 5.41 Å². The molecule has 0 saturated carbocycles. The summed E-state index contributed by atoms with van der Waals surface area (Å²) in [6, 6.07) is 0. The van der Waals surface area contributed by atoms with Gasteiger partial charge in [0.15, 0.2) is 0 Å².